The molecule has 1 aliphatic heterocycles. The summed E-state index contributed by atoms with van der Waals surface area (Å²) in [7, 11) is -0.0216. The highest BCUT2D eigenvalue weighted by Gasteiger charge is 2.17. The monoisotopic (exact) mass is 116 g/mol. The fourth-order valence-corrected chi connectivity index (χ4v) is 1.32. The third-order valence-corrected chi connectivity index (χ3v) is 1.92. The van der Waals surface area contributed by atoms with Crippen molar-refractivity contribution in [3.63, 3.8) is 0 Å². The number of carbonyl (C=O) groups excluding carboxylic acids is 2. The maximum absolute atomic E-state index is 10.2. The highest BCUT2D eigenvalue weighted by Crippen LogP contribution is 2.26. The number of hydrogen-bond donors (Lipinski definition) is 0. The minimum absolute atomic E-state index is 0.0216. The summed E-state index contributed by atoms with van der Waals surface area (Å²) < 4.78 is 0. The van der Waals surface area contributed by atoms with Crippen molar-refractivity contribution in [2.24, 2.45) is 0 Å². The van der Waals surface area contributed by atoms with Crippen LogP contribution in [0.3, 0.4) is 0 Å². The van der Waals surface area contributed by atoms with Gasteiger partial charge in [-0.3, -0.25) is 9.59 Å². The molecule has 1 heterocycles. The molecule has 1 saturated heterocycles. The van der Waals surface area contributed by atoms with Crippen LogP contribution in [-0.4, -0.2) is 11.0 Å². The summed E-state index contributed by atoms with van der Waals surface area (Å²) in [6.45, 7) is 0. The molecule has 0 N–H and O–H groups in total. The quantitative estimate of drug-likeness (QED) is 0.432. The van der Waals surface area contributed by atoms with Crippen LogP contribution in [-0.2, 0) is 9.59 Å². The first-order valence-corrected chi connectivity index (χ1v) is 3.12. The van der Waals surface area contributed by atoms with Gasteiger partial charge in [-0.15, -0.1) is 0 Å². The zero-order chi connectivity index (χ0) is 5.28. The Balaban J connectivity index is 2.55. The minimum atomic E-state index is -0.0216. The van der Waals surface area contributed by atoms with Gasteiger partial charge in [0.2, 0.25) is 0 Å². The van der Waals surface area contributed by atoms with E-state index < -0.39 is 0 Å². The van der Waals surface area contributed by atoms with Gasteiger partial charge in [-0.1, -0.05) is 0 Å². The molecule has 0 saturated carbocycles. The second-order valence-corrected chi connectivity index (χ2v) is 2.84. The van der Waals surface area contributed by atoms with E-state index in [4.69, 9.17) is 0 Å². The number of rotatable bonds is 0. The molecule has 38 valence electrons. The van der Waals surface area contributed by atoms with Crippen LogP contribution in [0.15, 0.2) is 0 Å². The van der Waals surface area contributed by atoms with Crippen molar-refractivity contribution >= 4 is 19.6 Å². The van der Waals surface area contributed by atoms with Gasteiger partial charge in [0.25, 0.3) is 0 Å². The fourth-order valence-electron chi connectivity index (χ4n) is 0.508. The topological polar surface area (TPSA) is 34.1 Å². The average molecular weight is 116 g/mol. The zero-order valence-corrected chi connectivity index (χ0v) is 4.73. The van der Waals surface area contributed by atoms with Gasteiger partial charge >= 0.3 is 0 Å². The smallest absolute Gasteiger partial charge is 0.159 e. The van der Waals surface area contributed by atoms with Crippen LogP contribution in [0.4, 0.5) is 0 Å². The van der Waals surface area contributed by atoms with Crippen molar-refractivity contribution in [3.8, 4) is 0 Å². The van der Waals surface area contributed by atoms with Gasteiger partial charge in [0, 0.05) is 21.4 Å². The first-order valence-electron chi connectivity index (χ1n) is 2.12. The van der Waals surface area contributed by atoms with Gasteiger partial charge < -0.3 is 0 Å². The Morgan fingerprint density at radius 2 is 1.57 bits per heavy atom. The summed E-state index contributed by atoms with van der Waals surface area (Å²) >= 11 is 0. The third-order valence-electron chi connectivity index (χ3n) is 0.858. The van der Waals surface area contributed by atoms with Gasteiger partial charge in [0.15, 0.2) is 11.0 Å². The molecular weight excluding hydrogens is 111 g/mol. The fraction of sp³-hybridized carbons (Fsp3) is 0.500. The van der Waals surface area contributed by atoms with Crippen molar-refractivity contribution in [2.45, 2.75) is 12.8 Å². The predicted molar refractivity (Wildman–Crippen MR) is 27.6 cm³/mol. The van der Waals surface area contributed by atoms with Crippen molar-refractivity contribution < 1.29 is 9.59 Å². The van der Waals surface area contributed by atoms with Gasteiger partial charge in [-0.25, -0.2) is 0 Å². The SMILES string of the molecule is O=C1CCC(=O)P1. The summed E-state index contributed by atoms with van der Waals surface area (Å²) in [5.41, 5.74) is 0.259. The van der Waals surface area contributed by atoms with Crippen molar-refractivity contribution in [1.82, 2.24) is 0 Å². The van der Waals surface area contributed by atoms with E-state index in [-0.39, 0.29) is 19.6 Å². The van der Waals surface area contributed by atoms with E-state index in [1.165, 1.54) is 0 Å². The molecule has 0 radical (unpaired) electrons. The Labute approximate surface area is 43.1 Å². The molecule has 0 bridgehead atoms. The lowest BCUT2D eigenvalue weighted by atomic mass is 10.4. The van der Waals surface area contributed by atoms with Gasteiger partial charge in [-0.2, -0.15) is 0 Å². The summed E-state index contributed by atoms with van der Waals surface area (Å²) in [5, 5.41) is 0. The maximum Gasteiger partial charge on any atom is 0.159 e. The summed E-state index contributed by atoms with van der Waals surface area (Å²) in [5.74, 6) is 0. The van der Waals surface area contributed by atoms with E-state index in [0.717, 1.165) is 0 Å². The Hall–Kier alpha value is -0.230. The Bertz CT molecular complexity index is 105. The molecule has 1 fully saturated rings. The van der Waals surface area contributed by atoms with E-state index >= 15 is 0 Å². The van der Waals surface area contributed by atoms with Crippen LogP contribution in [0.2, 0.25) is 0 Å². The van der Waals surface area contributed by atoms with E-state index in [9.17, 15) is 9.59 Å². The average Bonchev–Trinajstić information content (AvgIpc) is 1.87. The molecule has 0 aromatic rings. The lowest BCUT2D eigenvalue weighted by Gasteiger charge is -1.71. The summed E-state index contributed by atoms with van der Waals surface area (Å²) in [6.07, 6.45) is 0.995. The van der Waals surface area contributed by atoms with Crippen molar-refractivity contribution in [3.05, 3.63) is 0 Å². The molecular formula is C4H5O2P. The first-order chi connectivity index (χ1) is 3.29. The number of carbonyl (C=O) groups is 2. The van der Waals surface area contributed by atoms with Crippen LogP contribution in [0.1, 0.15) is 12.8 Å². The molecule has 7 heavy (non-hydrogen) atoms. The molecule has 2 nitrogen and oxygen atoms in total. The van der Waals surface area contributed by atoms with E-state index in [0.29, 0.717) is 12.8 Å². The van der Waals surface area contributed by atoms with Crippen LogP contribution < -0.4 is 0 Å². The Morgan fingerprint density at radius 3 is 1.71 bits per heavy atom. The molecule has 0 aromatic carbocycles. The largest absolute Gasteiger partial charge is 0.294 e. The second-order valence-electron chi connectivity index (χ2n) is 1.47. The van der Waals surface area contributed by atoms with E-state index in [1.54, 1.807) is 0 Å². The second kappa shape index (κ2) is 1.71. The first kappa shape index (κ1) is 4.92. The van der Waals surface area contributed by atoms with E-state index in [1.807, 2.05) is 0 Å². The minimum Gasteiger partial charge on any atom is -0.294 e. The highest BCUT2D eigenvalue weighted by molar-refractivity contribution is 7.74. The van der Waals surface area contributed by atoms with Gasteiger partial charge in [0.1, 0.15) is 0 Å². The molecule has 0 aromatic heterocycles. The lowest BCUT2D eigenvalue weighted by Crippen LogP contribution is -1.73. The van der Waals surface area contributed by atoms with Crippen LogP contribution in [0, 0.1) is 0 Å². The molecule has 0 unspecified atom stereocenters. The highest BCUT2D eigenvalue weighted by atomic mass is 31.1. The molecule has 0 aliphatic carbocycles. The van der Waals surface area contributed by atoms with Gasteiger partial charge in [-0.05, 0) is 0 Å². The number of hydrogen-bond acceptors (Lipinski definition) is 2. The molecule has 1 aliphatic rings. The molecule has 1 rings (SSSR count). The van der Waals surface area contributed by atoms with Gasteiger partial charge in [0.05, 0.1) is 0 Å². The molecule has 0 amide bonds. The predicted octanol–water partition coefficient (Wildman–Crippen LogP) is 0.512. The van der Waals surface area contributed by atoms with Crippen LogP contribution in [0.25, 0.3) is 0 Å². The maximum atomic E-state index is 10.2. The zero-order valence-electron chi connectivity index (χ0n) is 3.73. The summed E-state index contributed by atoms with van der Waals surface area (Å²) in [6, 6.07) is 0. The lowest BCUT2D eigenvalue weighted by molar-refractivity contribution is -0.112. The summed E-state index contributed by atoms with van der Waals surface area (Å²) in [4.78, 5) is 20.5. The van der Waals surface area contributed by atoms with Crippen molar-refractivity contribution in [1.29, 1.82) is 0 Å². The molecule has 0 spiro atoms. The Morgan fingerprint density at radius 1 is 1.14 bits per heavy atom. The molecule has 3 heteroatoms. The standard InChI is InChI=1S/C4H5O2P/c5-3-1-2-4(6)7-3/h7H,1-2H2. The Kier molecular flexibility index (Phi) is 1.20. The normalized spacial score (nSPS) is 21.1. The third kappa shape index (κ3) is 1.07. The molecule has 0 atom stereocenters. The van der Waals surface area contributed by atoms with Crippen molar-refractivity contribution in [2.75, 3.05) is 0 Å². The van der Waals surface area contributed by atoms with Crippen LogP contribution in [0.5, 0.6) is 0 Å². The van der Waals surface area contributed by atoms with E-state index in [2.05, 4.69) is 0 Å². The van der Waals surface area contributed by atoms with Crippen LogP contribution >= 0.6 is 8.58 Å².